The Balaban J connectivity index is 1.95. The Bertz CT molecular complexity index is 619. The van der Waals surface area contributed by atoms with E-state index in [4.69, 9.17) is 19.5 Å². The third-order valence-electron chi connectivity index (χ3n) is 2.95. The second-order valence-electron chi connectivity index (χ2n) is 5.45. The van der Waals surface area contributed by atoms with Crippen molar-refractivity contribution < 1.29 is 23.2 Å². The number of rotatable bonds is 6. The summed E-state index contributed by atoms with van der Waals surface area (Å²) in [5, 5.41) is 0. The van der Waals surface area contributed by atoms with Crippen LogP contribution in [-0.2, 0) is 18.3 Å². The van der Waals surface area contributed by atoms with E-state index in [0.717, 1.165) is 0 Å². The lowest BCUT2D eigenvalue weighted by atomic mass is 10.2. The van der Waals surface area contributed by atoms with E-state index in [2.05, 4.69) is 4.98 Å². The van der Waals surface area contributed by atoms with Gasteiger partial charge in [0.05, 0.1) is 19.3 Å². The topological polar surface area (TPSA) is 126 Å². The van der Waals surface area contributed by atoms with Crippen LogP contribution < -0.4 is 11.4 Å². The summed E-state index contributed by atoms with van der Waals surface area (Å²) in [5.74, 6) is 0.227. The predicted molar refractivity (Wildman–Crippen MR) is 78.0 cm³/mol. The lowest BCUT2D eigenvalue weighted by Crippen LogP contribution is -2.27. The maximum absolute atomic E-state index is 11.8. The van der Waals surface area contributed by atoms with Crippen LogP contribution in [0.15, 0.2) is 17.1 Å². The summed E-state index contributed by atoms with van der Waals surface area (Å²) in [7, 11) is -4.14. The van der Waals surface area contributed by atoms with Crippen molar-refractivity contribution in [1.29, 1.82) is 0 Å². The molecule has 124 valence electrons. The largest absolute Gasteiger partial charge is 0.472 e. The minimum Gasteiger partial charge on any atom is -0.383 e. The standard InChI is InChI=1S/C12H20N3O6P/c1-8(2)6-20-22(17,18)21-9-5-11(19-7-9)15-4-3-10(13)14-12(15)16/h3-4,8-9,11H,5-7H2,1-2H3,(H,17,18)(H2,13,14,16)/t9-,11+/m0/s1. The van der Waals surface area contributed by atoms with E-state index in [1.807, 2.05) is 13.8 Å². The first kappa shape index (κ1) is 17.1. The lowest BCUT2D eigenvalue weighted by molar-refractivity contribution is 0.0415. The molecular weight excluding hydrogens is 313 g/mol. The fourth-order valence-corrected chi connectivity index (χ4v) is 3.02. The van der Waals surface area contributed by atoms with Gasteiger partial charge in [-0.1, -0.05) is 13.8 Å². The molecule has 1 aromatic heterocycles. The third kappa shape index (κ3) is 4.62. The minimum atomic E-state index is -4.14. The zero-order chi connectivity index (χ0) is 16.3. The summed E-state index contributed by atoms with van der Waals surface area (Å²) in [6, 6.07) is 1.47. The Morgan fingerprint density at radius 1 is 1.64 bits per heavy atom. The van der Waals surface area contributed by atoms with Crippen molar-refractivity contribution in [2.45, 2.75) is 32.6 Å². The highest BCUT2D eigenvalue weighted by molar-refractivity contribution is 7.47. The lowest BCUT2D eigenvalue weighted by Gasteiger charge is -2.17. The van der Waals surface area contributed by atoms with E-state index in [-0.39, 0.29) is 31.4 Å². The van der Waals surface area contributed by atoms with Crippen LogP contribution in [0.25, 0.3) is 0 Å². The molecule has 2 heterocycles. The smallest absolute Gasteiger partial charge is 0.383 e. The third-order valence-corrected chi connectivity index (χ3v) is 3.99. The van der Waals surface area contributed by atoms with Crippen LogP contribution in [0.3, 0.4) is 0 Å². The van der Waals surface area contributed by atoms with E-state index in [9.17, 15) is 14.3 Å². The van der Waals surface area contributed by atoms with Gasteiger partial charge in [0.1, 0.15) is 12.0 Å². The first-order chi connectivity index (χ1) is 10.3. The van der Waals surface area contributed by atoms with E-state index < -0.39 is 25.8 Å². The summed E-state index contributed by atoms with van der Waals surface area (Å²) in [5.41, 5.74) is 4.87. The summed E-state index contributed by atoms with van der Waals surface area (Å²) in [4.78, 5) is 25.0. The molecule has 0 bridgehead atoms. The zero-order valence-corrected chi connectivity index (χ0v) is 13.3. The average molecular weight is 333 g/mol. The minimum absolute atomic E-state index is 0.0804. The van der Waals surface area contributed by atoms with Gasteiger partial charge in [0.25, 0.3) is 0 Å². The second kappa shape index (κ2) is 6.89. The molecule has 1 unspecified atom stereocenters. The highest BCUT2D eigenvalue weighted by Gasteiger charge is 2.34. The molecule has 3 N–H and O–H groups in total. The van der Waals surface area contributed by atoms with Gasteiger partial charge in [-0.2, -0.15) is 4.98 Å². The number of nitrogens with two attached hydrogens (primary N) is 1. The first-order valence-corrected chi connectivity index (χ1v) is 8.38. The van der Waals surface area contributed by atoms with Crippen LogP contribution in [0, 0.1) is 5.92 Å². The van der Waals surface area contributed by atoms with Crippen molar-refractivity contribution in [2.24, 2.45) is 5.92 Å². The van der Waals surface area contributed by atoms with Crippen LogP contribution in [-0.4, -0.2) is 33.8 Å². The molecule has 3 atom stereocenters. The highest BCUT2D eigenvalue weighted by atomic mass is 31.2. The van der Waals surface area contributed by atoms with Gasteiger partial charge in [0.15, 0.2) is 0 Å². The number of aromatic nitrogens is 2. The van der Waals surface area contributed by atoms with Gasteiger partial charge in [-0.3, -0.25) is 13.6 Å². The molecule has 9 nitrogen and oxygen atoms in total. The van der Waals surface area contributed by atoms with Crippen LogP contribution >= 0.6 is 7.82 Å². The molecule has 0 amide bonds. The summed E-state index contributed by atoms with van der Waals surface area (Å²) in [6.45, 7) is 3.91. The molecule has 1 saturated heterocycles. The Labute approximate surface area is 127 Å². The van der Waals surface area contributed by atoms with E-state index in [1.165, 1.54) is 16.8 Å². The molecule has 10 heteroatoms. The molecule has 1 fully saturated rings. The Morgan fingerprint density at radius 2 is 2.36 bits per heavy atom. The summed E-state index contributed by atoms with van der Waals surface area (Å²) in [6.07, 6.45) is 0.445. The second-order valence-corrected chi connectivity index (χ2v) is 6.86. The molecule has 1 aliphatic heterocycles. The Hall–Kier alpha value is -1.25. The molecular formula is C12H20N3O6P. The van der Waals surface area contributed by atoms with E-state index >= 15 is 0 Å². The maximum Gasteiger partial charge on any atom is 0.472 e. The first-order valence-electron chi connectivity index (χ1n) is 6.89. The number of hydrogen-bond acceptors (Lipinski definition) is 7. The summed E-state index contributed by atoms with van der Waals surface area (Å²) < 4.78 is 28.4. The number of nitrogen functional groups attached to an aromatic ring is 1. The molecule has 0 saturated carbocycles. The van der Waals surface area contributed by atoms with Crippen LogP contribution in [0.4, 0.5) is 5.82 Å². The Morgan fingerprint density at radius 3 is 3.00 bits per heavy atom. The number of hydrogen-bond donors (Lipinski definition) is 2. The normalized spacial score (nSPS) is 24.5. The van der Waals surface area contributed by atoms with Crippen LogP contribution in [0.1, 0.15) is 26.5 Å². The molecule has 1 aromatic rings. The molecule has 1 aliphatic rings. The van der Waals surface area contributed by atoms with Gasteiger partial charge < -0.3 is 15.4 Å². The van der Waals surface area contributed by atoms with Crippen molar-refractivity contribution in [2.75, 3.05) is 18.9 Å². The fraction of sp³-hybridized carbons (Fsp3) is 0.667. The van der Waals surface area contributed by atoms with Gasteiger partial charge in [0, 0.05) is 12.6 Å². The zero-order valence-electron chi connectivity index (χ0n) is 12.4. The van der Waals surface area contributed by atoms with E-state index in [0.29, 0.717) is 0 Å². The van der Waals surface area contributed by atoms with Gasteiger partial charge in [-0.15, -0.1) is 0 Å². The quantitative estimate of drug-likeness (QED) is 0.735. The molecule has 22 heavy (non-hydrogen) atoms. The highest BCUT2D eigenvalue weighted by Crippen LogP contribution is 2.47. The van der Waals surface area contributed by atoms with Crippen molar-refractivity contribution in [1.82, 2.24) is 9.55 Å². The molecule has 0 spiro atoms. The van der Waals surface area contributed by atoms with Crippen molar-refractivity contribution in [3.8, 4) is 0 Å². The number of phosphoric ester groups is 1. The van der Waals surface area contributed by atoms with E-state index in [1.54, 1.807) is 0 Å². The number of ether oxygens (including phenoxy) is 1. The van der Waals surface area contributed by atoms with Crippen molar-refractivity contribution in [3.05, 3.63) is 22.7 Å². The monoisotopic (exact) mass is 333 g/mol. The van der Waals surface area contributed by atoms with Crippen LogP contribution in [0.5, 0.6) is 0 Å². The van der Waals surface area contributed by atoms with Gasteiger partial charge >= 0.3 is 13.5 Å². The number of anilines is 1. The van der Waals surface area contributed by atoms with Crippen molar-refractivity contribution >= 4 is 13.6 Å². The molecule has 0 radical (unpaired) electrons. The molecule has 2 rings (SSSR count). The average Bonchev–Trinajstić information content (AvgIpc) is 2.84. The number of phosphoric acid groups is 1. The molecule has 0 aromatic carbocycles. The van der Waals surface area contributed by atoms with Gasteiger partial charge in [-0.05, 0) is 12.0 Å². The maximum atomic E-state index is 11.8. The van der Waals surface area contributed by atoms with Crippen molar-refractivity contribution in [3.63, 3.8) is 0 Å². The van der Waals surface area contributed by atoms with Gasteiger partial charge in [-0.25, -0.2) is 9.36 Å². The van der Waals surface area contributed by atoms with Gasteiger partial charge in [0.2, 0.25) is 0 Å². The van der Waals surface area contributed by atoms with Crippen LogP contribution in [0.2, 0.25) is 0 Å². The SMILES string of the molecule is CC(C)COP(=O)(O)O[C@@H]1CO[C@@H](n2ccc(N)nc2=O)C1. The molecule has 0 aliphatic carbocycles. The number of nitrogens with zero attached hydrogens (tertiary/aromatic N) is 2. The summed E-state index contributed by atoms with van der Waals surface area (Å²) >= 11 is 0. The predicted octanol–water partition coefficient (Wildman–Crippen LogP) is 0.903. The fourth-order valence-electron chi connectivity index (χ4n) is 1.95. The Kier molecular flexibility index (Phi) is 5.36.